The van der Waals surface area contributed by atoms with Gasteiger partial charge in [0.25, 0.3) is 0 Å². The third-order valence-electron chi connectivity index (χ3n) is 3.11. The van der Waals surface area contributed by atoms with Crippen LogP contribution in [0, 0.1) is 12.7 Å². The van der Waals surface area contributed by atoms with Crippen molar-refractivity contribution in [2.75, 3.05) is 5.32 Å². The van der Waals surface area contributed by atoms with Gasteiger partial charge in [-0.3, -0.25) is 0 Å². The number of halogens is 1. The zero-order valence-electron chi connectivity index (χ0n) is 12.2. The van der Waals surface area contributed by atoms with Crippen LogP contribution in [0.4, 0.5) is 10.1 Å². The fraction of sp³-hybridized carbons (Fsp3) is 0.200. The summed E-state index contributed by atoms with van der Waals surface area (Å²) in [5.41, 5.74) is 4.32. The van der Waals surface area contributed by atoms with Crippen LogP contribution in [0.25, 0.3) is 0 Å². The van der Waals surface area contributed by atoms with Crippen LogP contribution in [0.15, 0.2) is 35.2 Å². The van der Waals surface area contributed by atoms with Crippen molar-refractivity contribution < 1.29 is 9.13 Å². The summed E-state index contributed by atoms with van der Waals surface area (Å²) in [5.74, 6) is 0.631. The summed E-state index contributed by atoms with van der Waals surface area (Å²) in [6.07, 6.45) is 0. The number of hydrogen-bond donors (Lipinski definition) is 1. The third kappa shape index (κ3) is 3.09. The topological polar surface area (TPSA) is 52.0 Å². The molecule has 0 aliphatic carbocycles. The average Bonchev–Trinajstić information content (AvgIpc) is 3.07. The predicted molar refractivity (Wildman–Crippen MR) is 83.9 cm³/mol. The van der Waals surface area contributed by atoms with Gasteiger partial charge in [-0.2, -0.15) is 5.10 Å². The summed E-state index contributed by atoms with van der Waals surface area (Å²) in [5, 5.41) is 9.61. The lowest BCUT2D eigenvalue weighted by Crippen LogP contribution is -2.02. The van der Waals surface area contributed by atoms with Crippen LogP contribution in [-0.2, 0) is 13.6 Å². The molecule has 0 aliphatic rings. The molecule has 2 heterocycles. The van der Waals surface area contributed by atoms with Crippen LogP contribution in [0.3, 0.4) is 0 Å². The molecule has 22 heavy (non-hydrogen) atoms. The first-order valence-electron chi connectivity index (χ1n) is 6.71. The van der Waals surface area contributed by atoms with Gasteiger partial charge in [-0.1, -0.05) is 6.07 Å². The van der Waals surface area contributed by atoms with E-state index in [-0.39, 0.29) is 5.82 Å². The van der Waals surface area contributed by atoms with Crippen LogP contribution >= 0.6 is 11.3 Å². The van der Waals surface area contributed by atoms with Crippen molar-refractivity contribution in [3.63, 3.8) is 0 Å². The fourth-order valence-electron chi connectivity index (χ4n) is 2.10. The molecule has 1 aromatic carbocycles. The molecule has 0 saturated heterocycles. The summed E-state index contributed by atoms with van der Waals surface area (Å²) in [6, 6.07) is 6.03. The standard InChI is InChI=1S/C15H15FN4OS/c1-10-14(17-7-12-8-22-9-18-12)15(20(2)19-10)21-13-5-3-4-11(16)6-13/h3-6,8-9,17H,7H2,1-2H3. The molecule has 0 spiro atoms. The average molecular weight is 318 g/mol. The monoisotopic (exact) mass is 318 g/mol. The number of hydrogen-bond acceptors (Lipinski definition) is 5. The smallest absolute Gasteiger partial charge is 0.241 e. The highest BCUT2D eigenvalue weighted by atomic mass is 32.1. The van der Waals surface area contributed by atoms with Crippen molar-refractivity contribution in [3.05, 3.63) is 52.4 Å². The molecule has 1 N–H and O–H groups in total. The van der Waals surface area contributed by atoms with Gasteiger partial charge in [-0.25, -0.2) is 14.1 Å². The normalized spacial score (nSPS) is 10.7. The Labute approximate surface area is 131 Å². The lowest BCUT2D eigenvalue weighted by Gasteiger charge is -2.10. The van der Waals surface area contributed by atoms with Crippen molar-refractivity contribution in [2.45, 2.75) is 13.5 Å². The molecule has 3 rings (SSSR count). The SMILES string of the molecule is Cc1nn(C)c(Oc2cccc(F)c2)c1NCc1cscn1. The summed E-state index contributed by atoms with van der Waals surface area (Å²) in [7, 11) is 1.79. The molecular weight excluding hydrogens is 303 g/mol. The summed E-state index contributed by atoms with van der Waals surface area (Å²) in [4.78, 5) is 4.23. The van der Waals surface area contributed by atoms with Crippen LogP contribution < -0.4 is 10.1 Å². The second-order valence-electron chi connectivity index (χ2n) is 4.78. The highest BCUT2D eigenvalue weighted by Gasteiger charge is 2.16. The van der Waals surface area contributed by atoms with Gasteiger partial charge in [-0.05, 0) is 19.1 Å². The molecule has 0 aliphatic heterocycles. The van der Waals surface area contributed by atoms with E-state index in [2.05, 4.69) is 15.4 Å². The van der Waals surface area contributed by atoms with E-state index >= 15 is 0 Å². The van der Waals surface area contributed by atoms with Gasteiger partial charge in [0.15, 0.2) is 0 Å². The van der Waals surface area contributed by atoms with Crippen molar-refractivity contribution in [1.29, 1.82) is 0 Å². The minimum atomic E-state index is -0.339. The number of thiazole rings is 1. The third-order valence-corrected chi connectivity index (χ3v) is 3.75. The Hall–Kier alpha value is -2.41. The molecular formula is C15H15FN4OS. The van der Waals surface area contributed by atoms with Gasteiger partial charge >= 0.3 is 0 Å². The summed E-state index contributed by atoms with van der Waals surface area (Å²) >= 11 is 1.55. The highest BCUT2D eigenvalue weighted by Crippen LogP contribution is 2.32. The Balaban J connectivity index is 1.83. The molecule has 5 nitrogen and oxygen atoms in total. The summed E-state index contributed by atoms with van der Waals surface area (Å²) < 4.78 is 20.7. The lowest BCUT2D eigenvalue weighted by atomic mass is 10.3. The van der Waals surface area contributed by atoms with Crippen LogP contribution in [0.2, 0.25) is 0 Å². The Morgan fingerprint density at radius 2 is 2.27 bits per heavy atom. The van der Waals surface area contributed by atoms with E-state index in [0.717, 1.165) is 17.1 Å². The molecule has 0 radical (unpaired) electrons. The van der Waals surface area contributed by atoms with E-state index < -0.39 is 0 Å². The molecule has 0 unspecified atom stereocenters. The first kappa shape index (κ1) is 14.5. The number of rotatable bonds is 5. The Kier molecular flexibility index (Phi) is 4.06. The maximum absolute atomic E-state index is 13.3. The van der Waals surface area contributed by atoms with E-state index in [9.17, 15) is 4.39 Å². The van der Waals surface area contributed by atoms with Gasteiger partial charge in [0.2, 0.25) is 5.88 Å². The Bertz CT molecular complexity index is 770. The van der Waals surface area contributed by atoms with E-state index in [1.165, 1.54) is 12.1 Å². The molecule has 114 valence electrons. The molecule has 7 heteroatoms. The lowest BCUT2D eigenvalue weighted by molar-refractivity contribution is 0.428. The summed E-state index contributed by atoms with van der Waals surface area (Å²) in [6.45, 7) is 2.47. The molecule has 0 amide bonds. The zero-order valence-corrected chi connectivity index (χ0v) is 13.0. The number of nitrogens with zero attached hydrogens (tertiary/aromatic N) is 3. The number of anilines is 1. The largest absolute Gasteiger partial charge is 0.437 e. The van der Waals surface area contributed by atoms with E-state index in [4.69, 9.17) is 4.74 Å². The Morgan fingerprint density at radius 3 is 3.00 bits per heavy atom. The molecule has 3 aromatic rings. The van der Waals surface area contributed by atoms with Crippen LogP contribution in [0.5, 0.6) is 11.6 Å². The van der Waals surface area contributed by atoms with Crippen molar-refractivity contribution in [2.24, 2.45) is 7.05 Å². The number of nitrogens with one attached hydrogen (secondary N) is 1. The van der Waals surface area contributed by atoms with Gasteiger partial charge in [0.1, 0.15) is 17.3 Å². The molecule has 0 fully saturated rings. The maximum atomic E-state index is 13.3. The van der Waals surface area contributed by atoms with Crippen LogP contribution in [-0.4, -0.2) is 14.8 Å². The molecule has 0 atom stereocenters. The minimum Gasteiger partial charge on any atom is -0.437 e. The van der Waals surface area contributed by atoms with Gasteiger partial charge in [0.05, 0.1) is 23.4 Å². The van der Waals surface area contributed by atoms with E-state index in [1.807, 2.05) is 12.3 Å². The van der Waals surface area contributed by atoms with Crippen molar-refractivity contribution in [1.82, 2.24) is 14.8 Å². The fourth-order valence-corrected chi connectivity index (χ4v) is 2.66. The second-order valence-corrected chi connectivity index (χ2v) is 5.50. The van der Waals surface area contributed by atoms with Gasteiger partial charge < -0.3 is 10.1 Å². The van der Waals surface area contributed by atoms with Crippen molar-refractivity contribution in [3.8, 4) is 11.6 Å². The van der Waals surface area contributed by atoms with Crippen molar-refractivity contribution >= 4 is 17.0 Å². The Morgan fingerprint density at radius 1 is 1.41 bits per heavy atom. The molecule has 0 saturated carbocycles. The zero-order chi connectivity index (χ0) is 15.5. The first-order valence-corrected chi connectivity index (χ1v) is 7.65. The van der Waals surface area contributed by atoms with E-state index in [0.29, 0.717) is 18.2 Å². The molecule has 0 bridgehead atoms. The van der Waals surface area contributed by atoms with E-state index in [1.54, 1.807) is 40.7 Å². The minimum absolute atomic E-state index is 0.339. The maximum Gasteiger partial charge on any atom is 0.241 e. The first-order chi connectivity index (χ1) is 10.6. The van der Waals surface area contributed by atoms with Gasteiger partial charge in [0, 0.05) is 18.5 Å². The number of benzene rings is 1. The number of aryl methyl sites for hydroxylation is 2. The van der Waals surface area contributed by atoms with Crippen LogP contribution in [0.1, 0.15) is 11.4 Å². The van der Waals surface area contributed by atoms with Gasteiger partial charge in [-0.15, -0.1) is 11.3 Å². The highest BCUT2D eigenvalue weighted by molar-refractivity contribution is 7.07. The number of aromatic nitrogens is 3. The quantitative estimate of drug-likeness (QED) is 0.779. The second kappa shape index (κ2) is 6.15. The number of ether oxygens (including phenoxy) is 1. The predicted octanol–water partition coefficient (Wildman–Crippen LogP) is 3.73. The molecule has 2 aromatic heterocycles.